The standard InChI is InChI=1S/C6H14O2S/c1-9(2,3,4)5-6(7)8/h1,5H2,2-4H3,(H,7,8). The van der Waals surface area contributed by atoms with E-state index in [-0.39, 0.29) is 5.75 Å². The van der Waals surface area contributed by atoms with Crippen molar-refractivity contribution >= 4 is 20.6 Å². The second-order valence-corrected chi connectivity index (χ2v) is 10.3. The van der Waals surface area contributed by atoms with Gasteiger partial charge < -0.3 is 5.11 Å². The molecule has 0 unspecified atom stereocenters. The van der Waals surface area contributed by atoms with Gasteiger partial charge in [0.05, 0.1) is 5.75 Å². The zero-order valence-electron chi connectivity index (χ0n) is 6.18. The smallest absolute Gasteiger partial charge is 0.311 e. The van der Waals surface area contributed by atoms with E-state index in [1.165, 1.54) is 0 Å². The minimum absolute atomic E-state index is 0.206. The van der Waals surface area contributed by atoms with Crippen LogP contribution in [0.1, 0.15) is 0 Å². The Hall–Kier alpha value is -0.310. The van der Waals surface area contributed by atoms with Crippen LogP contribution in [0.5, 0.6) is 0 Å². The third kappa shape index (κ3) is 7.69. The molecule has 2 nitrogen and oxygen atoms in total. The molecule has 0 fully saturated rings. The van der Waals surface area contributed by atoms with Gasteiger partial charge in [-0.25, -0.2) is 8.75 Å². The zero-order chi connectivity index (χ0) is 7.73. The quantitative estimate of drug-likeness (QED) is 0.589. The van der Waals surface area contributed by atoms with Crippen molar-refractivity contribution in [1.82, 2.24) is 0 Å². The lowest BCUT2D eigenvalue weighted by Crippen LogP contribution is -2.14. The Morgan fingerprint density at radius 1 is 1.56 bits per heavy atom. The maximum Gasteiger partial charge on any atom is 0.311 e. The molecular formula is C6H14O2S. The van der Waals surface area contributed by atoms with Gasteiger partial charge in [0.2, 0.25) is 0 Å². The maximum atomic E-state index is 10.2. The van der Waals surface area contributed by atoms with Crippen LogP contribution in [-0.2, 0) is 4.79 Å². The van der Waals surface area contributed by atoms with Crippen molar-refractivity contribution in [2.45, 2.75) is 0 Å². The van der Waals surface area contributed by atoms with Gasteiger partial charge >= 0.3 is 5.97 Å². The first-order valence-electron chi connectivity index (χ1n) is 2.58. The number of carboxylic acid groups (broad SMARTS) is 1. The van der Waals surface area contributed by atoms with Crippen molar-refractivity contribution in [3.05, 3.63) is 0 Å². The van der Waals surface area contributed by atoms with Gasteiger partial charge in [0.15, 0.2) is 0 Å². The minimum atomic E-state index is -1.80. The second kappa shape index (κ2) is 1.84. The number of carboxylic acids is 1. The third-order valence-corrected chi connectivity index (χ3v) is 1.98. The van der Waals surface area contributed by atoms with Gasteiger partial charge in [0.1, 0.15) is 0 Å². The zero-order valence-corrected chi connectivity index (χ0v) is 6.99. The van der Waals surface area contributed by atoms with E-state index in [0.29, 0.717) is 0 Å². The second-order valence-electron chi connectivity index (χ2n) is 3.70. The van der Waals surface area contributed by atoms with Crippen LogP contribution in [0.2, 0.25) is 0 Å². The van der Waals surface area contributed by atoms with Crippen LogP contribution < -0.4 is 0 Å². The highest BCUT2D eigenvalue weighted by Crippen LogP contribution is 2.43. The van der Waals surface area contributed by atoms with Gasteiger partial charge in [0, 0.05) is 0 Å². The lowest BCUT2D eigenvalue weighted by Gasteiger charge is -2.32. The van der Waals surface area contributed by atoms with Crippen LogP contribution in [0.15, 0.2) is 0 Å². The van der Waals surface area contributed by atoms with Gasteiger partial charge in [-0.15, -0.1) is 0 Å². The van der Waals surface area contributed by atoms with E-state index in [1.54, 1.807) is 0 Å². The van der Waals surface area contributed by atoms with Crippen LogP contribution in [0.3, 0.4) is 0 Å². The largest absolute Gasteiger partial charge is 0.481 e. The molecule has 0 spiro atoms. The molecular weight excluding hydrogens is 136 g/mol. The molecule has 0 aliphatic heterocycles. The normalized spacial score (nSPS) is 16.1. The summed E-state index contributed by atoms with van der Waals surface area (Å²) in [4.78, 5) is 10.2. The van der Waals surface area contributed by atoms with Crippen molar-refractivity contribution in [3.8, 4) is 0 Å². The van der Waals surface area contributed by atoms with Gasteiger partial charge in [-0.05, 0) is 18.8 Å². The number of hydrogen-bond acceptors (Lipinski definition) is 1. The summed E-state index contributed by atoms with van der Waals surface area (Å²) < 4.78 is 0. The summed E-state index contributed by atoms with van der Waals surface area (Å²) in [5.41, 5.74) is 0. The molecule has 56 valence electrons. The Labute approximate surface area is 55.8 Å². The van der Waals surface area contributed by atoms with Crippen LogP contribution in [-0.4, -0.2) is 41.5 Å². The van der Waals surface area contributed by atoms with Gasteiger partial charge in [-0.2, -0.15) is 0 Å². The van der Waals surface area contributed by atoms with E-state index in [4.69, 9.17) is 5.11 Å². The minimum Gasteiger partial charge on any atom is -0.481 e. The predicted octanol–water partition coefficient (Wildman–Crippen LogP) is 0.733. The Kier molecular flexibility index (Phi) is 1.77. The highest BCUT2D eigenvalue weighted by atomic mass is 32.3. The van der Waals surface area contributed by atoms with E-state index in [9.17, 15) is 4.79 Å². The summed E-state index contributed by atoms with van der Waals surface area (Å²) >= 11 is 0. The van der Waals surface area contributed by atoms with Crippen molar-refractivity contribution in [2.75, 3.05) is 24.5 Å². The van der Waals surface area contributed by atoms with Crippen LogP contribution in [0.4, 0.5) is 0 Å². The average Bonchev–Trinajstić information content (AvgIpc) is 1.16. The monoisotopic (exact) mass is 150 g/mol. The fourth-order valence-electron chi connectivity index (χ4n) is 0.458. The lowest BCUT2D eigenvalue weighted by atomic mass is 10.8. The molecule has 0 saturated carbocycles. The molecule has 0 rings (SSSR count). The summed E-state index contributed by atoms with van der Waals surface area (Å²) in [5, 5.41) is 8.40. The summed E-state index contributed by atoms with van der Waals surface area (Å²) in [5.74, 6) is 3.33. The van der Waals surface area contributed by atoms with E-state index < -0.39 is 14.7 Å². The van der Waals surface area contributed by atoms with E-state index in [2.05, 4.69) is 5.87 Å². The molecule has 0 amide bonds. The molecule has 0 radical (unpaired) electrons. The van der Waals surface area contributed by atoms with Crippen LogP contribution >= 0.6 is 8.75 Å². The molecule has 0 aromatic rings. The summed E-state index contributed by atoms with van der Waals surface area (Å²) in [7, 11) is -1.80. The molecule has 0 aromatic carbocycles. The fourth-order valence-corrected chi connectivity index (χ4v) is 1.37. The summed E-state index contributed by atoms with van der Waals surface area (Å²) in [6.45, 7) is 0. The molecule has 9 heavy (non-hydrogen) atoms. The highest BCUT2D eigenvalue weighted by Gasteiger charge is 2.15. The molecule has 0 atom stereocenters. The first-order valence-corrected chi connectivity index (χ1v) is 6.19. The molecule has 0 bridgehead atoms. The van der Waals surface area contributed by atoms with Crippen molar-refractivity contribution < 1.29 is 9.90 Å². The first kappa shape index (κ1) is 8.69. The molecule has 0 saturated heterocycles. The average molecular weight is 150 g/mol. The first-order chi connectivity index (χ1) is 3.67. The van der Waals surface area contributed by atoms with E-state index in [1.807, 2.05) is 18.8 Å². The Morgan fingerprint density at radius 2 is 1.89 bits per heavy atom. The van der Waals surface area contributed by atoms with Crippen molar-refractivity contribution in [1.29, 1.82) is 0 Å². The SMILES string of the molecule is C=S(C)(C)(C)CC(=O)O. The molecule has 0 aromatic heterocycles. The topological polar surface area (TPSA) is 37.3 Å². The molecule has 0 aliphatic rings. The predicted molar refractivity (Wildman–Crippen MR) is 45.0 cm³/mol. The number of hydrogen-bond donors (Lipinski definition) is 1. The maximum absolute atomic E-state index is 10.2. The number of aliphatic carboxylic acids is 1. The van der Waals surface area contributed by atoms with E-state index >= 15 is 0 Å². The molecule has 0 aliphatic carbocycles. The van der Waals surface area contributed by atoms with Gasteiger partial charge in [0.25, 0.3) is 0 Å². The Bertz CT molecular complexity index is 176. The molecule has 3 heteroatoms. The van der Waals surface area contributed by atoms with Crippen molar-refractivity contribution in [3.63, 3.8) is 0 Å². The van der Waals surface area contributed by atoms with Gasteiger partial charge in [-0.3, -0.25) is 4.79 Å². The summed E-state index contributed by atoms with van der Waals surface area (Å²) in [6, 6.07) is 0. The third-order valence-electron chi connectivity index (χ3n) is 0.659. The molecule has 0 heterocycles. The highest BCUT2D eigenvalue weighted by molar-refractivity contribution is 8.45. The fraction of sp³-hybridized carbons (Fsp3) is 0.667. The van der Waals surface area contributed by atoms with Crippen LogP contribution in [0.25, 0.3) is 0 Å². The Balaban J connectivity index is 4.24. The Morgan fingerprint density at radius 3 is 1.89 bits per heavy atom. The van der Waals surface area contributed by atoms with Crippen molar-refractivity contribution in [2.24, 2.45) is 0 Å². The van der Waals surface area contributed by atoms with E-state index in [0.717, 1.165) is 0 Å². The summed E-state index contributed by atoms with van der Waals surface area (Å²) in [6.07, 6.45) is 5.77. The number of rotatable bonds is 2. The number of carbonyl (C=O) groups is 1. The van der Waals surface area contributed by atoms with Crippen LogP contribution in [0, 0.1) is 0 Å². The molecule has 1 N–H and O–H groups in total. The van der Waals surface area contributed by atoms with Gasteiger partial charge in [-0.1, -0.05) is 5.87 Å². The lowest BCUT2D eigenvalue weighted by molar-refractivity contribution is -0.133.